The first-order chi connectivity index (χ1) is 8.79. The molecule has 0 atom stereocenters. The van der Waals surface area contributed by atoms with E-state index in [2.05, 4.69) is 0 Å². The number of rotatable bonds is 2. The van der Waals surface area contributed by atoms with E-state index in [4.69, 9.17) is 5.73 Å². The minimum atomic E-state index is -4.33. The Bertz CT molecular complexity index is 583. The lowest BCUT2D eigenvalue weighted by Crippen LogP contribution is -2.04. The molecular formula is C14H15F3N2. The first kappa shape index (κ1) is 13.5. The number of benzene rings is 1. The number of hydrogen-bond acceptors (Lipinski definition) is 1. The van der Waals surface area contributed by atoms with Gasteiger partial charge in [0.2, 0.25) is 0 Å². The molecule has 0 radical (unpaired) electrons. The van der Waals surface area contributed by atoms with Crippen LogP contribution in [-0.2, 0) is 6.18 Å². The predicted octanol–water partition coefficient (Wildman–Crippen LogP) is 4.34. The Morgan fingerprint density at radius 1 is 1.11 bits per heavy atom. The highest BCUT2D eigenvalue weighted by Crippen LogP contribution is 2.33. The zero-order valence-corrected chi connectivity index (χ0v) is 10.7. The van der Waals surface area contributed by atoms with Crippen LogP contribution in [0, 0.1) is 0 Å². The summed E-state index contributed by atoms with van der Waals surface area (Å²) in [5.41, 5.74) is 6.40. The number of nitrogens with zero attached hydrogens (tertiary/aromatic N) is 1. The van der Waals surface area contributed by atoms with Crippen molar-refractivity contribution in [2.24, 2.45) is 0 Å². The van der Waals surface area contributed by atoms with Crippen molar-refractivity contribution >= 4 is 5.82 Å². The third kappa shape index (κ3) is 2.75. The molecule has 5 heteroatoms. The van der Waals surface area contributed by atoms with Crippen LogP contribution < -0.4 is 5.73 Å². The van der Waals surface area contributed by atoms with E-state index in [0.717, 1.165) is 12.1 Å². The van der Waals surface area contributed by atoms with E-state index in [1.165, 1.54) is 6.07 Å². The monoisotopic (exact) mass is 268 g/mol. The van der Waals surface area contributed by atoms with Gasteiger partial charge in [0.25, 0.3) is 0 Å². The third-order valence-corrected chi connectivity index (χ3v) is 2.96. The van der Waals surface area contributed by atoms with Gasteiger partial charge in [0, 0.05) is 17.8 Å². The summed E-state index contributed by atoms with van der Waals surface area (Å²) in [7, 11) is 0. The molecule has 0 saturated carbocycles. The zero-order chi connectivity index (χ0) is 14.2. The van der Waals surface area contributed by atoms with Crippen LogP contribution in [0.15, 0.2) is 36.5 Å². The van der Waals surface area contributed by atoms with Crippen LogP contribution in [-0.4, -0.2) is 4.57 Å². The maximum atomic E-state index is 12.7. The van der Waals surface area contributed by atoms with Crippen molar-refractivity contribution in [1.82, 2.24) is 4.57 Å². The van der Waals surface area contributed by atoms with Crippen LogP contribution >= 0.6 is 0 Å². The van der Waals surface area contributed by atoms with E-state index in [-0.39, 0.29) is 6.04 Å². The fraction of sp³-hybridized carbons (Fsp3) is 0.286. The SMILES string of the molecule is CC(C)n1cc(-c2cccc(C(F)(F)F)c2)cc1N. The molecule has 2 rings (SSSR count). The molecule has 2 aromatic rings. The highest BCUT2D eigenvalue weighted by atomic mass is 19.4. The molecule has 0 bridgehead atoms. The second-order valence-electron chi connectivity index (χ2n) is 4.73. The Labute approximate surface area is 109 Å². The highest BCUT2D eigenvalue weighted by molar-refractivity contribution is 5.67. The van der Waals surface area contributed by atoms with Gasteiger partial charge in [0.1, 0.15) is 5.82 Å². The molecule has 0 spiro atoms. The Balaban J connectivity index is 2.45. The van der Waals surface area contributed by atoms with Gasteiger partial charge < -0.3 is 10.3 Å². The molecule has 19 heavy (non-hydrogen) atoms. The predicted molar refractivity (Wildman–Crippen MR) is 69.7 cm³/mol. The van der Waals surface area contributed by atoms with Crippen LogP contribution in [0.4, 0.5) is 19.0 Å². The maximum Gasteiger partial charge on any atom is 0.416 e. The molecule has 1 aromatic heterocycles. The van der Waals surface area contributed by atoms with Gasteiger partial charge in [-0.05, 0) is 37.6 Å². The molecule has 102 valence electrons. The van der Waals surface area contributed by atoms with Crippen molar-refractivity contribution in [3.8, 4) is 11.1 Å². The van der Waals surface area contributed by atoms with Crippen molar-refractivity contribution in [3.05, 3.63) is 42.1 Å². The Kier molecular flexibility index (Phi) is 3.30. The highest BCUT2D eigenvalue weighted by Gasteiger charge is 2.30. The lowest BCUT2D eigenvalue weighted by atomic mass is 10.1. The summed E-state index contributed by atoms with van der Waals surface area (Å²) in [5.74, 6) is 0.544. The fourth-order valence-corrected chi connectivity index (χ4v) is 1.98. The molecule has 0 unspecified atom stereocenters. The largest absolute Gasteiger partial charge is 0.416 e. The summed E-state index contributed by atoms with van der Waals surface area (Å²) in [6, 6.07) is 7.11. The molecule has 0 amide bonds. The maximum absolute atomic E-state index is 12.7. The number of nitrogens with two attached hydrogens (primary N) is 1. The second kappa shape index (κ2) is 4.64. The summed E-state index contributed by atoms with van der Waals surface area (Å²) < 4.78 is 39.8. The average Bonchev–Trinajstić information content (AvgIpc) is 2.70. The lowest BCUT2D eigenvalue weighted by molar-refractivity contribution is -0.137. The number of hydrogen-bond donors (Lipinski definition) is 1. The van der Waals surface area contributed by atoms with Gasteiger partial charge in [0.15, 0.2) is 0 Å². The minimum Gasteiger partial charge on any atom is -0.385 e. The quantitative estimate of drug-likeness (QED) is 0.863. The van der Waals surface area contributed by atoms with Gasteiger partial charge in [-0.1, -0.05) is 12.1 Å². The number of nitrogen functional groups attached to an aromatic ring is 1. The Hall–Kier alpha value is -1.91. The summed E-state index contributed by atoms with van der Waals surface area (Å²) >= 11 is 0. The molecule has 2 nitrogen and oxygen atoms in total. The van der Waals surface area contributed by atoms with Crippen molar-refractivity contribution in [2.45, 2.75) is 26.1 Å². The van der Waals surface area contributed by atoms with E-state index in [1.54, 1.807) is 18.3 Å². The van der Waals surface area contributed by atoms with Crippen molar-refractivity contribution in [1.29, 1.82) is 0 Å². The molecule has 1 heterocycles. The van der Waals surface area contributed by atoms with Crippen LogP contribution in [0.5, 0.6) is 0 Å². The van der Waals surface area contributed by atoms with Crippen molar-refractivity contribution in [3.63, 3.8) is 0 Å². The molecule has 0 fully saturated rings. The average molecular weight is 268 g/mol. The van der Waals surface area contributed by atoms with Gasteiger partial charge >= 0.3 is 6.18 Å². The smallest absolute Gasteiger partial charge is 0.385 e. The fourth-order valence-electron chi connectivity index (χ4n) is 1.98. The molecular weight excluding hydrogens is 253 g/mol. The van der Waals surface area contributed by atoms with Gasteiger partial charge in [-0.2, -0.15) is 13.2 Å². The van der Waals surface area contributed by atoms with E-state index in [1.807, 2.05) is 18.4 Å². The van der Waals surface area contributed by atoms with Gasteiger partial charge in [0.05, 0.1) is 5.56 Å². The number of halogens is 3. The Morgan fingerprint density at radius 2 is 1.79 bits per heavy atom. The number of anilines is 1. The third-order valence-electron chi connectivity index (χ3n) is 2.96. The van der Waals surface area contributed by atoms with Crippen LogP contribution in [0.3, 0.4) is 0 Å². The number of aromatic nitrogens is 1. The number of alkyl halides is 3. The van der Waals surface area contributed by atoms with E-state index in [0.29, 0.717) is 16.9 Å². The lowest BCUT2D eigenvalue weighted by Gasteiger charge is -2.09. The van der Waals surface area contributed by atoms with Crippen LogP contribution in [0.2, 0.25) is 0 Å². The van der Waals surface area contributed by atoms with Crippen molar-refractivity contribution < 1.29 is 13.2 Å². The van der Waals surface area contributed by atoms with Crippen molar-refractivity contribution in [2.75, 3.05) is 5.73 Å². The first-order valence-corrected chi connectivity index (χ1v) is 5.94. The normalized spacial score (nSPS) is 12.1. The minimum absolute atomic E-state index is 0.166. The second-order valence-corrected chi connectivity index (χ2v) is 4.73. The molecule has 0 aliphatic heterocycles. The van der Waals surface area contributed by atoms with Crippen LogP contribution in [0.1, 0.15) is 25.5 Å². The first-order valence-electron chi connectivity index (χ1n) is 5.94. The molecule has 0 aliphatic carbocycles. The van der Waals surface area contributed by atoms with Gasteiger partial charge in [-0.25, -0.2) is 0 Å². The van der Waals surface area contributed by atoms with E-state index >= 15 is 0 Å². The molecule has 0 saturated heterocycles. The van der Waals surface area contributed by atoms with E-state index < -0.39 is 11.7 Å². The summed E-state index contributed by atoms with van der Waals surface area (Å²) in [4.78, 5) is 0. The van der Waals surface area contributed by atoms with Crippen LogP contribution in [0.25, 0.3) is 11.1 Å². The molecule has 2 N–H and O–H groups in total. The summed E-state index contributed by atoms with van der Waals surface area (Å²) in [6.45, 7) is 3.93. The zero-order valence-electron chi connectivity index (χ0n) is 10.7. The van der Waals surface area contributed by atoms with Gasteiger partial charge in [-0.3, -0.25) is 0 Å². The topological polar surface area (TPSA) is 30.9 Å². The summed E-state index contributed by atoms with van der Waals surface area (Å²) in [6.07, 6.45) is -2.56. The molecule has 0 aliphatic rings. The van der Waals surface area contributed by atoms with E-state index in [9.17, 15) is 13.2 Å². The standard InChI is InChI=1S/C14H15F3N2/c1-9(2)19-8-11(7-13(19)18)10-4-3-5-12(6-10)14(15,16)17/h3-9H,18H2,1-2H3. The molecule has 1 aromatic carbocycles. The Morgan fingerprint density at radius 3 is 2.32 bits per heavy atom. The van der Waals surface area contributed by atoms with Gasteiger partial charge in [-0.15, -0.1) is 0 Å². The summed E-state index contributed by atoms with van der Waals surface area (Å²) in [5, 5.41) is 0.